The monoisotopic (exact) mass is 339 g/mol. The summed E-state index contributed by atoms with van der Waals surface area (Å²) in [5, 5.41) is 12.1. The molecule has 3 saturated heterocycles. The Morgan fingerprint density at radius 3 is 2.42 bits per heavy atom. The highest BCUT2D eigenvalue weighted by molar-refractivity contribution is 5.89. The molecule has 0 aliphatic carbocycles. The quantitative estimate of drug-likeness (QED) is 0.769. The molecule has 3 aliphatic rings. The van der Waals surface area contributed by atoms with Gasteiger partial charge in [0.1, 0.15) is 0 Å². The topological polar surface area (TPSA) is 99.2 Å². The van der Waals surface area contributed by atoms with Gasteiger partial charge in [-0.05, 0) is 25.7 Å². The zero-order chi connectivity index (χ0) is 17.2. The maximum atomic E-state index is 12.6. The Hall–Kier alpha value is -1.83. The van der Waals surface area contributed by atoms with Crippen LogP contribution in [0.4, 0.5) is 4.79 Å². The smallest absolute Gasteiger partial charge is 0.331 e. The molecule has 134 valence electrons. The van der Waals surface area contributed by atoms with E-state index in [4.69, 9.17) is 4.74 Å². The number of carboxylic acid groups (broad SMARTS) is 1. The Kier molecular flexibility index (Phi) is 4.93. The van der Waals surface area contributed by atoms with Crippen molar-refractivity contribution >= 4 is 17.9 Å². The molecule has 3 amide bonds. The van der Waals surface area contributed by atoms with Crippen LogP contribution in [-0.4, -0.2) is 77.7 Å². The summed E-state index contributed by atoms with van der Waals surface area (Å²) in [5.74, 6) is -1.71. The molecule has 0 spiro atoms. The first-order valence-corrected chi connectivity index (χ1v) is 8.69. The molecule has 24 heavy (non-hydrogen) atoms. The number of likely N-dealkylation sites (tertiary alicyclic amines) is 2. The van der Waals surface area contributed by atoms with Crippen LogP contribution in [0.15, 0.2) is 0 Å². The van der Waals surface area contributed by atoms with Crippen LogP contribution in [0.5, 0.6) is 0 Å². The maximum absolute atomic E-state index is 12.6. The standard InChI is InChI=1S/C16H25N3O5/c20-13(17-16(14(21)22)5-9-24-11-16)12-4-3-8-19(10-12)15(23)18-6-1-2-7-18/h12H,1-11H2,(H,17,20)(H,21,22). The summed E-state index contributed by atoms with van der Waals surface area (Å²) < 4.78 is 5.17. The number of amides is 3. The third kappa shape index (κ3) is 3.33. The van der Waals surface area contributed by atoms with Gasteiger partial charge < -0.3 is 25.0 Å². The van der Waals surface area contributed by atoms with Crippen molar-refractivity contribution in [2.75, 3.05) is 39.4 Å². The Morgan fingerprint density at radius 2 is 1.79 bits per heavy atom. The Morgan fingerprint density at radius 1 is 1.08 bits per heavy atom. The largest absolute Gasteiger partial charge is 0.479 e. The zero-order valence-electron chi connectivity index (χ0n) is 13.8. The van der Waals surface area contributed by atoms with Gasteiger partial charge in [-0.3, -0.25) is 4.79 Å². The number of carbonyl (C=O) groups excluding carboxylic acids is 2. The summed E-state index contributed by atoms with van der Waals surface area (Å²) >= 11 is 0. The van der Waals surface area contributed by atoms with Gasteiger partial charge in [-0.15, -0.1) is 0 Å². The number of hydrogen-bond acceptors (Lipinski definition) is 4. The average molecular weight is 339 g/mol. The van der Waals surface area contributed by atoms with Gasteiger partial charge in [0.15, 0.2) is 5.54 Å². The van der Waals surface area contributed by atoms with Crippen LogP contribution in [0, 0.1) is 5.92 Å². The molecule has 8 nitrogen and oxygen atoms in total. The minimum absolute atomic E-state index is 0.00199. The number of nitrogens with one attached hydrogen (secondary N) is 1. The van der Waals surface area contributed by atoms with Crippen LogP contribution in [0.1, 0.15) is 32.1 Å². The lowest BCUT2D eigenvalue weighted by molar-refractivity contribution is -0.148. The highest BCUT2D eigenvalue weighted by atomic mass is 16.5. The lowest BCUT2D eigenvalue weighted by Crippen LogP contribution is -2.58. The normalized spacial score (nSPS) is 30.4. The summed E-state index contributed by atoms with van der Waals surface area (Å²) in [6.07, 6.45) is 3.77. The molecule has 0 aromatic rings. The van der Waals surface area contributed by atoms with Gasteiger partial charge in [0.2, 0.25) is 5.91 Å². The number of rotatable bonds is 3. The zero-order valence-corrected chi connectivity index (χ0v) is 13.8. The summed E-state index contributed by atoms with van der Waals surface area (Å²) in [6, 6.07) is 0.00199. The molecule has 8 heteroatoms. The van der Waals surface area contributed by atoms with E-state index < -0.39 is 11.5 Å². The molecular formula is C16H25N3O5. The van der Waals surface area contributed by atoms with E-state index in [0.717, 1.165) is 32.4 Å². The van der Waals surface area contributed by atoms with E-state index in [2.05, 4.69) is 5.32 Å². The Balaban J connectivity index is 1.60. The van der Waals surface area contributed by atoms with Crippen molar-refractivity contribution in [3.05, 3.63) is 0 Å². The van der Waals surface area contributed by atoms with E-state index in [1.54, 1.807) is 4.90 Å². The SMILES string of the molecule is O=C(NC1(C(=O)O)CCOC1)C1CCCN(C(=O)N2CCCC2)C1. The second-order valence-electron chi connectivity index (χ2n) is 6.94. The highest BCUT2D eigenvalue weighted by Crippen LogP contribution is 2.23. The van der Waals surface area contributed by atoms with Crippen LogP contribution in [0.2, 0.25) is 0 Å². The number of aliphatic carboxylic acids is 1. The van der Waals surface area contributed by atoms with E-state index in [1.165, 1.54) is 0 Å². The summed E-state index contributed by atoms with van der Waals surface area (Å²) in [6.45, 7) is 2.91. The number of carbonyl (C=O) groups is 3. The second-order valence-corrected chi connectivity index (χ2v) is 6.94. The number of hydrogen-bond donors (Lipinski definition) is 2. The molecule has 3 fully saturated rings. The molecule has 3 heterocycles. The lowest BCUT2D eigenvalue weighted by atomic mass is 9.93. The third-order valence-electron chi connectivity index (χ3n) is 5.23. The van der Waals surface area contributed by atoms with E-state index in [9.17, 15) is 19.5 Å². The number of piperidine rings is 1. The Labute approximate surface area is 141 Å². The van der Waals surface area contributed by atoms with Crippen molar-refractivity contribution in [1.82, 2.24) is 15.1 Å². The number of urea groups is 1. The van der Waals surface area contributed by atoms with Gasteiger partial charge in [0.05, 0.1) is 12.5 Å². The van der Waals surface area contributed by atoms with Crippen LogP contribution in [0.25, 0.3) is 0 Å². The van der Waals surface area contributed by atoms with Gasteiger partial charge in [0, 0.05) is 39.2 Å². The van der Waals surface area contributed by atoms with E-state index >= 15 is 0 Å². The molecule has 0 bridgehead atoms. The fourth-order valence-corrected chi connectivity index (χ4v) is 3.70. The predicted octanol–water partition coefficient (Wildman–Crippen LogP) is 0.274. The molecule has 2 atom stereocenters. The van der Waals surface area contributed by atoms with Crippen LogP contribution < -0.4 is 5.32 Å². The number of nitrogens with zero attached hydrogens (tertiary/aromatic N) is 2. The molecule has 0 saturated carbocycles. The van der Waals surface area contributed by atoms with Crippen molar-refractivity contribution in [1.29, 1.82) is 0 Å². The molecule has 2 unspecified atom stereocenters. The van der Waals surface area contributed by atoms with Gasteiger partial charge >= 0.3 is 12.0 Å². The van der Waals surface area contributed by atoms with Crippen molar-refractivity contribution in [2.45, 2.75) is 37.6 Å². The summed E-state index contributed by atoms with van der Waals surface area (Å²) in [4.78, 5) is 40.2. The first-order valence-electron chi connectivity index (χ1n) is 8.69. The highest BCUT2D eigenvalue weighted by Gasteiger charge is 2.45. The Bertz CT molecular complexity index is 512. The number of ether oxygens (including phenoxy) is 1. The van der Waals surface area contributed by atoms with Crippen molar-refractivity contribution in [2.24, 2.45) is 5.92 Å². The predicted molar refractivity (Wildman–Crippen MR) is 84.4 cm³/mol. The average Bonchev–Trinajstić information content (AvgIpc) is 3.26. The molecule has 0 aromatic heterocycles. The van der Waals surface area contributed by atoms with Gasteiger partial charge in [-0.25, -0.2) is 9.59 Å². The molecular weight excluding hydrogens is 314 g/mol. The summed E-state index contributed by atoms with van der Waals surface area (Å²) in [7, 11) is 0. The minimum Gasteiger partial charge on any atom is -0.479 e. The minimum atomic E-state index is -1.32. The third-order valence-corrected chi connectivity index (χ3v) is 5.23. The maximum Gasteiger partial charge on any atom is 0.331 e. The second kappa shape index (κ2) is 6.96. The molecule has 3 aliphatic heterocycles. The van der Waals surface area contributed by atoms with Gasteiger partial charge in [-0.2, -0.15) is 0 Å². The van der Waals surface area contributed by atoms with Gasteiger partial charge in [-0.1, -0.05) is 0 Å². The van der Waals surface area contributed by atoms with Crippen LogP contribution in [-0.2, 0) is 14.3 Å². The van der Waals surface area contributed by atoms with Gasteiger partial charge in [0.25, 0.3) is 0 Å². The van der Waals surface area contributed by atoms with Crippen molar-refractivity contribution in [3.63, 3.8) is 0 Å². The van der Waals surface area contributed by atoms with E-state index in [-0.39, 0.29) is 30.9 Å². The van der Waals surface area contributed by atoms with E-state index in [1.807, 2.05) is 4.90 Å². The van der Waals surface area contributed by atoms with Crippen molar-refractivity contribution in [3.8, 4) is 0 Å². The van der Waals surface area contributed by atoms with E-state index in [0.29, 0.717) is 26.1 Å². The first-order chi connectivity index (χ1) is 11.5. The molecule has 0 aromatic carbocycles. The van der Waals surface area contributed by atoms with Crippen LogP contribution in [0.3, 0.4) is 0 Å². The molecule has 0 radical (unpaired) electrons. The fraction of sp³-hybridized carbons (Fsp3) is 0.812. The van der Waals surface area contributed by atoms with Crippen molar-refractivity contribution < 1.29 is 24.2 Å². The van der Waals surface area contributed by atoms with Crippen LogP contribution >= 0.6 is 0 Å². The first kappa shape index (κ1) is 17.0. The summed E-state index contributed by atoms with van der Waals surface area (Å²) in [5.41, 5.74) is -1.32. The number of carboxylic acids is 1. The molecule has 2 N–H and O–H groups in total. The molecule has 3 rings (SSSR count). The fourth-order valence-electron chi connectivity index (χ4n) is 3.70. The lowest BCUT2D eigenvalue weighted by Gasteiger charge is -2.36.